The Bertz CT molecular complexity index is 3040. The quantitative estimate of drug-likeness (QED) is 0.0931. The van der Waals surface area contributed by atoms with Gasteiger partial charge in [-0.25, -0.2) is 32.2 Å². The lowest BCUT2D eigenvalue weighted by Crippen LogP contribution is -2.47. The van der Waals surface area contributed by atoms with E-state index < -0.39 is 57.1 Å². The Hall–Kier alpha value is -5.58. The molecule has 0 bridgehead atoms. The molecule has 0 atom stereocenters. The molecule has 2 aromatic heterocycles. The summed E-state index contributed by atoms with van der Waals surface area (Å²) in [6.45, 7) is 11.0. The normalized spacial score (nSPS) is 13.9. The van der Waals surface area contributed by atoms with Crippen LogP contribution in [-0.4, -0.2) is 96.9 Å². The zero-order chi connectivity index (χ0) is 46.8. The van der Waals surface area contributed by atoms with E-state index in [0.717, 1.165) is 48.1 Å². The molecule has 1 N–H and O–H groups in total. The van der Waals surface area contributed by atoms with Gasteiger partial charge in [0.25, 0.3) is 10.0 Å². The SMILES string of the molecule is COc1cc(N2CCN(CCS(C)(=O)=O)CC2)c(C)cc1Nc1nccc(-c2sc(C(C)C)nc2-c2cccc(N(OS(=O)(=O)c3ccc(C)cc3)S(=O)(=O)c3c(F)cccc3F)c2)n1. The fraction of sp³-hybridized carbons (Fsp3) is 0.295. The summed E-state index contributed by atoms with van der Waals surface area (Å²) in [5.41, 5.74) is 3.99. The van der Waals surface area contributed by atoms with Crippen LogP contribution in [0.3, 0.4) is 0 Å². The van der Waals surface area contributed by atoms with Gasteiger partial charge in [0.1, 0.15) is 27.2 Å². The molecule has 21 heteroatoms. The second kappa shape index (κ2) is 19.1. The van der Waals surface area contributed by atoms with Crippen LogP contribution in [0.25, 0.3) is 21.8 Å². The van der Waals surface area contributed by atoms with Crippen LogP contribution in [0.15, 0.2) is 101 Å². The minimum absolute atomic E-state index is 0.00201. The van der Waals surface area contributed by atoms with E-state index in [1.165, 1.54) is 60.1 Å². The number of thiazole rings is 1. The molecule has 1 saturated heterocycles. The molecule has 0 aliphatic carbocycles. The summed E-state index contributed by atoms with van der Waals surface area (Å²) in [5.74, 6) is -2.09. The van der Waals surface area contributed by atoms with Crippen molar-refractivity contribution in [2.24, 2.45) is 0 Å². The van der Waals surface area contributed by atoms with E-state index in [1.807, 2.05) is 32.9 Å². The Kier molecular flexibility index (Phi) is 13.9. The maximum absolute atomic E-state index is 15.2. The number of sulfone groups is 1. The lowest BCUT2D eigenvalue weighted by atomic mass is 10.1. The van der Waals surface area contributed by atoms with Crippen molar-refractivity contribution in [1.82, 2.24) is 19.9 Å². The van der Waals surface area contributed by atoms with Crippen molar-refractivity contribution < 1.29 is 43.1 Å². The topological polar surface area (TPSA) is 181 Å². The highest BCUT2D eigenvalue weighted by molar-refractivity contribution is 7.94. The van der Waals surface area contributed by atoms with Gasteiger partial charge in [-0.2, -0.15) is 16.8 Å². The summed E-state index contributed by atoms with van der Waals surface area (Å²) in [7, 11) is -11.8. The van der Waals surface area contributed by atoms with Gasteiger partial charge < -0.3 is 15.0 Å². The van der Waals surface area contributed by atoms with Crippen LogP contribution < -0.4 is 19.4 Å². The smallest absolute Gasteiger partial charge is 0.318 e. The Labute approximate surface area is 381 Å². The monoisotopic (exact) mass is 967 g/mol. The number of hydrogen-bond acceptors (Lipinski definition) is 15. The molecule has 1 aliphatic heterocycles. The first-order valence-electron chi connectivity index (χ1n) is 20.3. The number of methoxy groups -OCH3 is 1. The van der Waals surface area contributed by atoms with E-state index in [1.54, 1.807) is 32.4 Å². The second-order valence-electron chi connectivity index (χ2n) is 15.7. The van der Waals surface area contributed by atoms with Gasteiger partial charge in [-0.1, -0.05) is 49.7 Å². The van der Waals surface area contributed by atoms with Crippen LogP contribution in [0.4, 0.5) is 31.8 Å². The number of nitrogens with zero attached hydrogens (tertiary/aromatic N) is 6. The number of halogens is 2. The molecule has 1 fully saturated rings. The fourth-order valence-electron chi connectivity index (χ4n) is 7.05. The highest BCUT2D eigenvalue weighted by atomic mass is 32.2. The minimum atomic E-state index is -5.39. The Morgan fingerprint density at radius 2 is 1.54 bits per heavy atom. The summed E-state index contributed by atoms with van der Waals surface area (Å²) in [5, 5.41) is 3.98. The molecule has 0 amide bonds. The lowest BCUT2D eigenvalue weighted by molar-refractivity contribution is 0.272. The number of hydrogen-bond donors (Lipinski definition) is 1. The molecule has 3 heterocycles. The van der Waals surface area contributed by atoms with Gasteiger partial charge in [-0.05, 0) is 67.9 Å². The molecule has 7 rings (SSSR count). The lowest BCUT2D eigenvalue weighted by Gasteiger charge is -2.37. The number of piperazine rings is 1. The molecular formula is C44H47F2N7O8S4. The van der Waals surface area contributed by atoms with Crippen molar-refractivity contribution >= 4 is 64.3 Å². The molecule has 0 unspecified atom stereocenters. The van der Waals surface area contributed by atoms with Crippen LogP contribution in [0, 0.1) is 25.5 Å². The van der Waals surface area contributed by atoms with E-state index in [9.17, 15) is 25.3 Å². The van der Waals surface area contributed by atoms with Crippen molar-refractivity contribution in [2.75, 3.05) is 66.5 Å². The standard InChI is InChI=1S/C44H47F2N7O8S4/c1-28(2)43-50-40(31-9-7-10-32(26-31)53(61-65(58,59)33-15-13-29(3)14-16-33)64(56,57)42-34(45)11-8-12-35(42)46)41(62-43)36-17-18-47-44(48-36)49-37-25-30(4)38(27-39(37)60-5)52-21-19-51(20-22-52)23-24-63(6,54)55/h7-18,25-28H,19-24H2,1-6H3,(H,47,48,49). The third-order valence-corrected chi connectivity index (χ3v) is 15.7. The number of ether oxygens (including phenoxy) is 1. The van der Waals surface area contributed by atoms with Gasteiger partial charge in [0.2, 0.25) is 5.95 Å². The summed E-state index contributed by atoms with van der Waals surface area (Å²) < 4.78 is 120. The average Bonchev–Trinajstić information content (AvgIpc) is 3.72. The number of sulfonamides is 1. The van der Waals surface area contributed by atoms with Crippen LogP contribution in [0.5, 0.6) is 5.75 Å². The minimum Gasteiger partial charge on any atom is -0.494 e. The van der Waals surface area contributed by atoms with Gasteiger partial charge in [-0.15, -0.1) is 20.1 Å². The zero-order valence-corrected chi connectivity index (χ0v) is 39.6. The first-order chi connectivity index (χ1) is 30.7. The summed E-state index contributed by atoms with van der Waals surface area (Å²) in [4.78, 5) is 17.4. The summed E-state index contributed by atoms with van der Waals surface area (Å²) in [6, 6.07) is 19.0. The van der Waals surface area contributed by atoms with Crippen molar-refractivity contribution in [2.45, 2.75) is 43.4 Å². The number of aromatic nitrogens is 3. The molecule has 0 spiro atoms. The van der Waals surface area contributed by atoms with Gasteiger partial charge in [0.05, 0.1) is 50.4 Å². The maximum Gasteiger partial charge on any atom is 0.318 e. The van der Waals surface area contributed by atoms with Crippen molar-refractivity contribution in [3.8, 4) is 27.6 Å². The number of aryl methyl sites for hydroxylation is 2. The molecule has 0 radical (unpaired) electrons. The fourth-order valence-corrected chi connectivity index (χ4v) is 11.3. The van der Waals surface area contributed by atoms with E-state index in [0.29, 0.717) is 57.9 Å². The molecule has 6 aromatic rings. The first-order valence-corrected chi connectivity index (χ1v) is 26.0. The first kappa shape index (κ1) is 47.4. The Morgan fingerprint density at radius 3 is 2.18 bits per heavy atom. The molecular weight excluding hydrogens is 921 g/mol. The number of nitrogens with one attached hydrogen (secondary N) is 1. The molecule has 344 valence electrons. The second-order valence-corrected chi connectivity index (χ2v) is 22.3. The van der Waals surface area contributed by atoms with Crippen LogP contribution in [-0.2, 0) is 34.3 Å². The average molecular weight is 968 g/mol. The Balaban J connectivity index is 1.22. The maximum atomic E-state index is 15.2. The predicted molar refractivity (Wildman–Crippen MR) is 248 cm³/mol. The predicted octanol–water partition coefficient (Wildman–Crippen LogP) is 7.72. The van der Waals surface area contributed by atoms with E-state index in [4.69, 9.17) is 19.0 Å². The van der Waals surface area contributed by atoms with Crippen LogP contribution in [0.1, 0.15) is 35.9 Å². The molecule has 4 aromatic carbocycles. The molecule has 65 heavy (non-hydrogen) atoms. The van der Waals surface area contributed by atoms with E-state index >= 15 is 8.78 Å². The van der Waals surface area contributed by atoms with E-state index in [-0.39, 0.29) is 22.1 Å². The molecule has 1 aliphatic rings. The largest absolute Gasteiger partial charge is 0.494 e. The van der Waals surface area contributed by atoms with Gasteiger partial charge in [-0.3, -0.25) is 4.90 Å². The summed E-state index contributed by atoms with van der Waals surface area (Å²) >= 11 is 1.34. The highest BCUT2D eigenvalue weighted by Gasteiger charge is 2.37. The molecule has 0 saturated carbocycles. The Morgan fingerprint density at radius 1 is 0.862 bits per heavy atom. The highest BCUT2D eigenvalue weighted by Crippen LogP contribution is 2.41. The number of rotatable bonds is 16. The van der Waals surface area contributed by atoms with Crippen molar-refractivity contribution in [1.29, 1.82) is 0 Å². The van der Waals surface area contributed by atoms with Gasteiger partial charge in [0, 0.05) is 68.4 Å². The third-order valence-electron chi connectivity index (χ3n) is 10.5. The van der Waals surface area contributed by atoms with Crippen molar-refractivity contribution in [3.05, 3.63) is 119 Å². The van der Waals surface area contributed by atoms with E-state index in [2.05, 4.69) is 20.1 Å². The molecule has 15 nitrogen and oxygen atoms in total. The number of anilines is 4. The number of benzene rings is 4. The van der Waals surface area contributed by atoms with Crippen LogP contribution >= 0.6 is 11.3 Å². The van der Waals surface area contributed by atoms with Crippen molar-refractivity contribution in [3.63, 3.8) is 0 Å². The van der Waals surface area contributed by atoms with Gasteiger partial charge >= 0.3 is 10.1 Å². The van der Waals surface area contributed by atoms with Crippen LogP contribution in [0.2, 0.25) is 0 Å². The summed E-state index contributed by atoms with van der Waals surface area (Å²) in [6.07, 6.45) is 2.81. The zero-order valence-electron chi connectivity index (χ0n) is 36.3. The van der Waals surface area contributed by atoms with Gasteiger partial charge in [0.15, 0.2) is 4.90 Å². The third kappa shape index (κ3) is 10.8.